The summed E-state index contributed by atoms with van der Waals surface area (Å²) < 4.78 is 31.6. The Hall–Kier alpha value is -7.18. The number of methoxy groups -OCH3 is 2. The second-order valence-electron chi connectivity index (χ2n) is 18.0. The molecule has 1 heterocycles. The standard InChI is InChI=1S/C57H62N4O10/c1-5-30-68-57-52(61(55(64)39-22-20-37(35-58)21-23-39)36-41-17-13-16-38-14-7-8-18-44(38)41)34-49(60-69-6-2)46-31-40(15-9-11-28-62)45(19-10-12-29-63)53(54(46)57)47-32-43(25-27-50(47)71-57)70-56(65)59-48-26-24-42(66-3)33-51(48)67-4/h5,7-8,13-14,16-18,20-27,31-33,40,45,52-54,62-63H,1,6,9-12,15,19,28-30,34,36H2,2-4H3,(H,59,65). The molecule has 0 radical (unpaired) electrons. The van der Waals surface area contributed by atoms with Crippen molar-refractivity contribution in [2.24, 2.45) is 22.9 Å². The quantitative estimate of drug-likeness (QED) is 0.0362. The van der Waals surface area contributed by atoms with E-state index in [2.05, 4.69) is 30.1 Å². The molecule has 0 saturated heterocycles. The van der Waals surface area contributed by atoms with Crippen molar-refractivity contribution < 1.29 is 48.3 Å². The molecule has 0 spiro atoms. The molecule has 5 aromatic carbocycles. The Morgan fingerprint density at radius 3 is 2.42 bits per heavy atom. The highest BCUT2D eigenvalue weighted by molar-refractivity contribution is 6.04. The summed E-state index contributed by atoms with van der Waals surface area (Å²) in [6.45, 7) is 6.56. The number of unbranched alkanes of at least 4 members (excludes halogenated alkanes) is 2. The van der Waals surface area contributed by atoms with Gasteiger partial charge in [0, 0.05) is 49.3 Å². The van der Waals surface area contributed by atoms with Crippen LogP contribution in [0.5, 0.6) is 23.0 Å². The molecule has 0 aromatic heterocycles. The number of oxime groups is 1. The number of nitrogens with one attached hydrogen (secondary N) is 1. The molecule has 1 aliphatic heterocycles. The van der Waals surface area contributed by atoms with Gasteiger partial charge in [0.05, 0.1) is 49.8 Å². The van der Waals surface area contributed by atoms with E-state index in [1.54, 1.807) is 67.8 Å². The Morgan fingerprint density at radius 1 is 0.930 bits per heavy atom. The maximum absolute atomic E-state index is 15.6. The number of hydrogen-bond donors (Lipinski definition) is 3. The van der Waals surface area contributed by atoms with Gasteiger partial charge in [0.15, 0.2) is 0 Å². The molecule has 3 aliphatic rings. The van der Waals surface area contributed by atoms with Crippen molar-refractivity contribution in [3.8, 4) is 29.1 Å². The van der Waals surface area contributed by atoms with Crippen molar-refractivity contribution in [3.05, 3.63) is 150 Å². The van der Waals surface area contributed by atoms with Gasteiger partial charge in [-0.25, -0.2) is 4.79 Å². The number of amides is 2. The number of fused-ring (bicyclic) bond motifs is 3. The minimum absolute atomic E-state index is 0.0228. The number of allylic oxidation sites excluding steroid dienone is 1. The normalized spacial score (nSPS) is 21.4. The number of aliphatic hydroxyl groups is 2. The zero-order valence-corrected chi connectivity index (χ0v) is 40.6. The molecule has 14 heteroatoms. The summed E-state index contributed by atoms with van der Waals surface area (Å²) in [4.78, 5) is 37.1. The fraction of sp³-hybridized carbons (Fsp3) is 0.368. The molecule has 2 aliphatic carbocycles. The second kappa shape index (κ2) is 23.2. The molecule has 6 atom stereocenters. The van der Waals surface area contributed by atoms with Crippen LogP contribution in [0.4, 0.5) is 10.5 Å². The number of aliphatic hydroxyl groups excluding tert-OH is 2. The van der Waals surface area contributed by atoms with E-state index in [-0.39, 0.29) is 62.2 Å². The molecule has 370 valence electrons. The molecule has 5 aromatic rings. The van der Waals surface area contributed by atoms with Crippen LogP contribution < -0.4 is 24.3 Å². The highest BCUT2D eigenvalue weighted by Gasteiger charge is 2.65. The average Bonchev–Trinajstić information content (AvgIpc) is 3.40. The van der Waals surface area contributed by atoms with Gasteiger partial charge in [0.25, 0.3) is 5.91 Å². The van der Waals surface area contributed by atoms with Crippen LogP contribution in [-0.4, -0.2) is 85.3 Å². The first-order valence-corrected chi connectivity index (χ1v) is 24.4. The van der Waals surface area contributed by atoms with E-state index in [9.17, 15) is 20.3 Å². The smallest absolute Gasteiger partial charge is 0.417 e. The molecule has 6 unspecified atom stereocenters. The Kier molecular flexibility index (Phi) is 16.4. The Morgan fingerprint density at radius 2 is 1.69 bits per heavy atom. The first kappa shape index (κ1) is 50.2. The van der Waals surface area contributed by atoms with Gasteiger partial charge >= 0.3 is 6.09 Å². The third kappa shape index (κ3) is 10.6. The summed E-state index contributed by atoms with van der Waals surface area (Å²) >= 11 is 0. The number of carbonyl (C=O) groups is 2. The summed E-state index contributed by atoms with van der Waals surface area (Å²) in [5, 5.41) is 39.5. The number of ether oxygens (including phenoxy) is 5. The highest BCUT2D eigenvalue weighted by atomic mass is 16.7. The fourth-order valence-electron chi connectivity index (χ4n) is 10.8. The van der Waals surface area contributed by atoms with Crippen molar-refractivity contribution in [2.45, 2.75) is 76.2 Å². The summed E-state index contributed by atoms with van der Waals surface area (Å²) in [5.41, 5.74) is 4.39. The van der Waals surface area contributed by atoms with Crippen LogP contribution in [0.1, 0.15) is 84.8 Å². The van der Waals surface area contributed by atoms with Crippen LogP contribution in [-0.2, 0) is 16.1 Å². The van der Waals surface area contributed by atoms with Gasteiger partial charge < -0.3 is 43.6 Å². The molecule has 14 nitrogen and oxygen atoms in total. The van der Waals surface area contributed by atoms with E-state index in [0.29, 0.717) is 65.6 Å². The largest absolute Gasteiger partial charge is 0.497 e. The van der Waals surface area contributed by atoms with Crippen molar-refractivity contribution >= 4 is 34.2 Å². The number of hydrogen-bond acceptors (Lipinski definition) is 12. The van der Waals surface area contributed by atoms with Crippen LogP contribution in [0.3, 0.4) is 0 Å². The number of anilines is 1. The lowest BCUT2D eigenvalue weighted by molar-refractivity contribution is -0.255. The summed E-state index contributed by atoms with van der Waals surface area (Å²) in [6, 6.07) is 32.5. The summed E-state index contributed by atoms with van der Waals surface area (Å²) in [5.74, 6) is -1.26. The SMILES string of the molecule is C=CCOC12Oc3ccc(OC(=O)Nc4ccc(OC)cc4OC)cc3C3C(CCCCO)C(CCCCO)C=C(C(=NOCC)CC1N(Cc1cccc4ccccc14)C(=O)c1ccc(C#N)cc1)C32. The van der Waals surface area contributed by atoms with Crippen LogP contribution in [0.25, 0.3) is 10.8 Å². The molecule has 1 saturated carbocycles. The Bertz CT molecular complexity index is 2800. The van der Waals surface area contributed by atoms with Gasteiger partial charge in [0.2, 0.25) is 5.79 Å². The average molecular weight is 963 g/mol. The summed E-state index contributed by atoms with van der Waals surface area (Å²) in [6.07, 6.45) is 7.56. The molecule has 0 bridgehead atoms. The van der Waals surface area contributed by atoms with Gasteiger partial charge in [-0.15, -0.1) is 6.58 Å². The number of rotatable bonds is 21. The van der Waals surface area contributed by atoms with E-state index in [0.717, 1.165) is 46.7 Å². The van der Waals surface area contributed by atoms with Gasteiger partial charge in [-0.05, 0) is 121 Å². The molecule has 8 rings (SSSR count). The van der Waals surface area contributed by atoms with E-state index in [1.165, 1.54) is 7.11 Å². The molecular formula is C57H62N4O10. The van der Waals surface area contributed by atoms with Gasteiger partial charge in [-0.3, -0.25) is 10.1 Å². The minimum atomic E-state index is -1.56. The number of nitriles is 1. The maximum atomic E-state index is 15.6. The first-order valence-electron chi connectivity index (χ1n) is 24.4. The lowest BCUT2D eigenvalue weighted by Gasteiger charge is -2.60. The van der Waals surface area contributed by atoms with Gasteiger partial charge in [-0.2, -0.15) is 5.26 Å². The number of benzene rings is 5. The third-order valence-corrected chi connectivity index (χ3v) is 13.9. The monoisotopic (exact) mass is 962 g/mol. The fourth-order valence-corrected chi connectivity index (χ4v) is 10.8. The lowest BCUT2D eigenvalue weighted by atomic mass is 9.55. The van der Waals surface area contributed by atoms with E-state index in [4.69, 9.17) is 33.7 Å². The number of nitrogens with zero attached hydrogens (tertiary/aromatic N) is 3. The van der Waals surface area contributed by atoms with E-state index < -0.39 is 23.8 Å². The predicted octanol–water partition coefficient (Wildman–Crippen LogP) is 10.3. The Balaban J connectivity index is 1.33. The van der Waals surface area contributed by atoms with Gasteiger partial charge in [0.1, 0.15) is 35.6 Å². The molecule has 1 fully saturated rings. The first-order chi connectivity index (χ1) is 34.7. The van der Waals surface area contributed by atoms with Crippen molar-refractivity contribution in [1.29, 1.82) is 5.26 Å². The van der Waals surface area contributed by atoms with Crippen LogP contribution in [0, 0.1) is 29.1 Å². The Labute approximate surface area is 415 Å². The molecule has 3 N–H and O–H groups in total. The topological polar surface area (TPSA) is 181 Å². The number of carbonyl (C=O) groups excluding carboxylic acids is 2. The lowest BCUT2D eigenvalue weighted by Crippen LogP contribution is -2.70. The molecular weight excluding hydrogens is 901 g/mol. The predicted molar refractivity (Wildman–Crippen MR) is 271 cm³/mol. The van der Waals surface area contributed by atoms with Gasteiger partial charge in [-0.1, -0.05) is 72.6 Å². The summed E-state index contributed by atoms with van der Waals surface area (Å²) in [7, 11) is 3.05. The second-order valence-corrected chi connectivity index (χ2v) is 18.0. The third-order valence-electron chi connectivity index (χ3n) is 13.9. The van der Waals surface area contributed by atoms with E-state index in [1.807, 2.05) is 54.3 Å². The van der Waals surface area contributed by atoms with Crippen molar-refractivity contribution in [2.75, 3.05) is 46.0 Å². The zero-order chi connectivity index (χ0) is 49.9. The zero-order valence-electron chi connectivity index (χ0n) is 40.6. The minimum Gasteiger partial charge on any atom is -0.497 e. The van der Waals surface area contributed by atoms with Crippen LogP contribution in [0.2, 0.25) is 0 Å². The van der Waals surface area contributed by atoms with Crippen LogP contribution >= 0.6 is 0 Å². The van der Waals surface area contributed by atoms with Crippen molar-refractivity contribution in [1.82, 2.24) is 4.90 Å². The molecule has 2 amide bonds. The van der Waals surface area contributed by atoms with Crippen molar-refractivity contribution in [3.63, 3.8) is 0 Å². The molecule has 71 heavy (non-hydrogen) atoms. The van der Waals surface area contributed by atoms with E-state index >= 15 is 4.79 Å². The maximum Gasteiger partial charge on any atom is 0.417 e. The highest BCUT2D eigenvalue weighted by Crippen LogP contribution is 2.62. The van der Waals surface area contributed by atoms with Crippen LogP contribution in [0.15, 0.2) is 133 Å².